The molecule has 0 fully saturated rings. The lowest BCUT2D eigenvalue weighted by Gasteiger charge is -2.14. The normalized spacial score (nSPS) is 11.8. The lowest BCUT2D eigenvalue weighted by Crippen LogP contribution is -2.42. The number of para-hydroxylation sites is 1. The number of benzene rings is 1. The third-order valence-corrected chi connectivity index (χ3v) is 3.60. The molecule has 6 heteroatoms. The van der Waals surface area contributed by atoms with E-state index < -0.39 is 17.9 Å². The number of fused-ring (bicyclic) bond motifs is 1. The minimum atomic E-state index is -1.11. The van der Waals surface area contributed by atoms with Gasteiger partial charge < -0.3 is 10.4 Å². The third-order valence-electron chi connectivity index (χ3n) is 3.60. The van der Waals surface area contributed by atoms with Crippen LogP contribution >= 0.6 is 0 Å². The average Bonchev–Trinajstić information content (AvgIpc) is 2.61. The van der Waals surface area contributed by atoms with Crippen molar-refractivity contribution in [3.05, 3.63) is 72.2 Å². The van der Waals surface area contributed by atoms with E-state index in [1.807, 2.05) is 30.3 Å². The van der Waals surface area contributed by atoms with E-state index in [1.54, 1.807) is 24.4 Å². The Morgan fingerprint density at radius 1 is 1.08 bits per heavy atom. The summed E-state index contributed by atoms with van der Waals surface area (Å²) in [5.41, 5.74) is 1.71. The van der Waals surface area contributed by atoms with Crippen molar-refractivity contribution in [1.29, 1.82) is 0 Å². The van der Waals surface area contributed by atoms with E-state index >= 15 is 0 Å². The Morgan fingerprint density at radius 2 is 1.92 bits per heavy atom. The highest BCUT2D eigenvalue weighted by molar-refractivity contribution is 5.96. The van der Waals surface area contributed by atoms with Gasteiger partial charge >= 0.3 is 5.97 Å². The van der Waals surface area contributed by atoms with Gasteiger partial charge in [0.25, 0.3) is 5.91 Å². The summed E-state index contributed by atoms with van der Waals surface area (Å²) >= 11 is 0. The zero-order valence-electron chi connectivity index (χ0n) is 12.7. The maximum Gasteiger partial charge on any atom is 0.326 e. The fourth-order valence-electron chi connectivity index (χ4n) is 2.37. The lowest BCUT2D eigenvalue weighted by atomic mass is 10.1. The molecule has 1 atom stereocenters. The largest absolute Gasteiger partial charge is 0.480 e. The predicted molar refractivity (Wildman–Crippen MR) is 88.6 cm³/mol. The van der Waals surface area contributed by atoms with Gasteiger partial charge in [-0.25, -0.2) is 4.79 Å². The van der Waals surface area contributed by atoms with Crippen molar-refractivity contribution in [1.82, 2.24) is 15.3 Å². The first-order valence-corrected chi connectivity index (χ1v) is 7.42. The standard InChI is InChI=1S/C18H15N3O3/c22-17(13-5-3-9-19-11-13)21-16(18(23)24)10-14-8-7-12-4-1-2-6-15(12)20-14/h1-9,11,16H,10H2,(H,21,22)(H,23,24)/t16-/m1/s1. The van der Waals surface area contributed by atoms with Crippen molar-refractivity contribution in [3.63, 3.8) is 0 Å². The number of carboxylic acid groups (broad SMARTS) is 1. The average molecular weight is 321 g/mol. The molecule has 0 aliphatic rings. The Labute approximate surface area is 138 Å². The summed E-state index contributed by atoms with van der Waals surface area (Å²) in [5.74, 6) is -1.58. The fourth-order valence-corrected chi connectivity index (χ4v) is 2.37. The van der Waals surface area contributed by atoms with Crippen molar-refractivity contribution in [2.45, 2.75) is 12.5 Å². The van der Waals surface area contributed by atoms with Gasteiger partial charge in [0.1, 0.15) is 6.04 Å². The molecule has 3 rings (SSSR count). The number of carboxylic acids is 1. The number of nitrogens with one attached hydrogen (secondary N) is 1. The van der Waals surface area contributed by atoms with Crippen LogP contribution in [0, 0.1) is 0 Å². The smallest absolute Gasteiger partial charge is 0.326 e. The number of carbonyl (C=O) groups is 2. The summed E-state index contributed by atoms with van der Waals surface area (Å²) < 4.78 is 0. The molecule has 0 aliphatic heterocycles. The quantitative estimate of drug-likeness (QED) is 0.750. The molecule has 1 aromatic carbocycles. The second-order valence-electron chi connectivity index (χ2n) is 5.31. The summed E-state index contributed by atoms with van der Waals surface area (Å²) in [4.78, 5) is 31.9. The number of nitrogens with zero attached hydrogens (tertiary/aromatic N) is 2. The van der Waals surface area contributed by atoms with E-state index in [1.165, 1.54) is 6.20 Å². The van der Waals surface area contributed by atoms with Crippen molar-refractivity contribution >= 4 is 22.8 Å². The van der Waals surface area contributed by atoms with Crippen LogP contribution in [0.2, 0.25) is 0 Å². The van der Waals surface area contributed by atoms with Crippen molar-refractivity contribution in [2.24, 2.45) is 0 Å². The maximum absolute atomic E-state index is 12.1. The van der Waals surface area contributed by atoms with Gasteiger partial charge in [-0.1, -0.05) is 24.3 Å². The number of amides is 1. The van der Waals surface area contributed by atoms with Crippen molar-refractivity contribution in [3.8, 4) is 0 Å². The van der Waals surface area contributed by atoms with Gasteiger partial charge in [0.2, 0.25) is 0 Å². The van der Waals surface area contributed by atoms with Crippen LogP contribution < -0.4 is 5.32 Å². The van der Waals surface area contributed by atoms with E-state index in [9.17, 15) is 14.7 Å². The van der Waals surface area contributed by atoms with Gasteiger partial charge in [-0.05, 0) is 24.3 Å². The van der Waals surface area contributed by atoms with E-state index in [2.05, 4.69) is 15.3 Å². The van der Waals surface area contributed by atoms with Gasteiger partial charge in [0.15, 0.2) is 0 Å². The monoisotopic (exact) mass is 321 g/mol. The summed E-state index contributed by atoms with van der Waals surface area (Å²) in [7, 11) is 0. The first-order valence-electron chi connectivity index (χ1n) is 7.42. The van der Waals surface area contributed by atoms with Crippen LogP contribution in [0.25, 0.3) is 10.9 Å². The highest BCUT2D eigenvalue weighted by Crippen LogP contribution is 2.13. The Morgan fingerprint density at radius 3 is 2.67 bits per heavy atom. The van der Waals surface area contributed by atoms with Crippen LogP contribution in [0.4, 0.5) is 0 Å². The van der Waals surface area contributed by atoms with Crippen LogP contribution in [-0.4, -0.2) is 33.0 Å². The van der Waals surface area contributed by atoms with E-state index in [0.29, 0.717) is 11.3 Å². The molecule has 2 heterocycles. The number of carbonyl (C=O) groups excluding carboxylic acids is 1. The summed E-state index contributed by atoms with van der Waals surface area (Å²) in [6.45, 7) is 0. The van der Waals surface area contributed by atoms with Crippen LogP contribution in [0.3, 0.4) is 0 Å². The van der Waals surface area contributed by atoms with E-state index in [0.717, 1.165) is 10.9 Å². The van der Waals surface area contributed by atoms with Crippen LogP contribution in [0.1, 0.15) is 16.1 Å². The number of pyridine rings is 2. The number of aromatic nitrogens is 2. The second-order valence-corrected chi connectivity index (χ2v) is 5.31. The zero-order chi connectivity index (χ0) is 16.9. The highest BCUT2D eigenvalue weighted by atomic mass is 16.4. The minimum Gasteiger partial charge on any atom is -0.480 e. The Bertz CT molecular complexity index is 881. The number of rotatable bonds is 5. The fraction of sp³-hybridized carbons (Fsp3) is 0.111. The van der Waals surface area contributed by atoms with Gasteiger partial charge in [0.05, 0.1) is 11.1 Å². The van der Waals surface area contributed by atoms with E-state index in [-0.39, 0.29) is 6.42 Å². The van der Waals surface area contributed by atoms with Gasteiger partial charge in [-0.3, -0.25) is 14.8 Å². The van der Waals surface area contributed by atoms with Crippen LogP contribution in [0.15, 0.2) is 60.9 Å². The molecule has 24 heavy (non-hydrogen) atoms. The molecule has 0 saturated heterocycles. The van der Waals surface area contributed by atoms with Crippen LogP contribution in [-0.2, 0) is 11.2 Å². The zero-order valence-corrected chi connectivity index (χ0v) is 12.7. The van der Waals surface area contributed by atoms with Crippen LogP contribution in [0.5, 0.6) is 0 Å². The molecule has 0 spiro atoms. The Balaban J connectivity index is 1.78. The molecule has 0 radical (unpaired) electrons. The van der Waals surface area contributed by atoms with E-state index in [4.69, 9.17) is 0 Å². The molecule has 3 aromatic rings. The van der Waals surface area contributed by atoms with Crippen molar-refractivity contribution in [2.75, 3.05) is 0 Å². The predicted octanol–water partition coefficient (Wildman–Crippen LogP) is 2.06. The molecule has 2 aromatic heterocycles. The Kier molecular flexibility index (Phi) is 4.47. The SMILES string of the molecule is O=C(N[C@H](Cc1ccc2ccccc2n1)C(=O)O)c1cccnc1. The first-order chi connectivity index (χ1) is 11.6. The van der Waals surface area contributed by atoms with Crippen molar-refractivity contribution < 1.29 is 14.7 Å². The molecule has 0 aliphatic carbocycles. The molecular weight excluding hydrogens is 306 g/mol. The third kappa shape index (κ3) is 3.55. The molecule has 2 N–H and O–H groups in total. The topological polar surface area (TPSA) is 92.2 Å². The molecule has 120 valence electrons. The Hall–Kier alpha value is -3.28. The molecule has 6 nitrogen and oxygen atoms in total. The van der Waals surface area contributed by atoms with Gasteiger partial charge in [0, 0.05) is 29.9 Å². The summed E-state index contributed by atoms with van der Waals surface area (Å²) in [6, 6.07) is 13.4. The first kappa shape index (κ1) is 15.6. The number of hydrogen-bond donors (Lipinski definition) is 2. The summed E-state index contributed by atoms with van der Waals surface area (Å²) in [5, 5.41) is 12.9. The summed E-state index contributed by atoms with van der Waals surface area (Å²) in [6.07, 6.45) is 3.04. The minimum absolute atomic E-state index is 0.103. The molecule has 0 unspecified atom stereocenters. The molecule has 1 amide bonds. The maximum atomic E-state index is 12.1. The highest BCUT2D eigenvalue weighted by Gasteiger charge is 2.22. The number of hydrogen-bond acceptors (Lipinski definition) is 4. The molecular formula is C18H15N3O3. The molecule has 0 saturated carbocycles. The van der Waals surface area contributed by atoms with Gasteiger partial charge in [-0.2, -0.15) is 0 Å². The molecule has 0 bridgehead atoms. The van der Waals surface area contributed by atoms with Gasteiger partial charge in [-0.15, -0.1) is 0 Å². The lowest BCUT2D eigenvalue weighted by molar-refractivity contribution is -0.139. The number of aliphatic carboxylic acids is 1. The second kappa shape index (κ2) is 6.87.